The number of esters is 1. The van der Waals surface area contributed by atoms with E-state index in [0.717, 1.165) is 35.4 Å². The number of ether oxygens (including phenoxy) is 1. The highest BCUT2D eigenvalue weighted by molar-refractivity contribution is 5.88. The van der Waals surface area contributed by atoms with Crippen molar-refractivity contribution in [2.45, 2.75) is 12.8 Å². The van der Waals surface area contributed by atoms with Crippen molar-refractivity contribution in [3.63, 3.8) is 0 Å². The van der Waals surface area contributed by atoms with E-state index in [-0.39, 0.29) is 5.76 Å². The second kappa shape index (κ2) is 3.23. The highest BCUT2D eigenvalue weighted by Gasteiger charge is 2.25. The molecule has 0 bridgehead atoms. The van der Waals surface area contributed by atoms with E-state index in [4.69, 9.17) is 4.42 Å². The summed E-state index contributed by atoms with van der Waals surface area (Å²) in [6.07, 6.45) is 3.55. The second-order valence-corrected chi connectivity index (χ2v) is 3.70. The summed E-state index contributed by atoms with van der Waals surface area (Å²) < 4.78 is 10.1. The average molecular weight is 218 g/mol. The fourth-order valence-corrected chi connectivity index (χ4v) is 2.00. The van der Waals surface area contributed by atoms with Crippen molar-refractivity contribution >= 4 is 5.97 Å². The molecule has 0 spiro atoms. The second-order valence-electron chi connectivity index (χ2n) is 3.70. The number of aromatic nitrogens is 2. The van der Waals surface area contributed by atoms with Gasteiger partial charge in [0.2, 0.25) is 5.76 Å². The first-order chi connectivity index (χ1) is 7.79. The lowest BCUT2D eigenvalue weighted by atomic mass is 9.97. The first-order valence-corrected chi connectivity index (χ1v) is 5.03. The third-order valence-corrected chi connectivity index (χ3v) is 2.79. The van der Waals surface area contributed by atoms with Gasteiger partial charge < -0.3 is 9.15 Å². The van der Waals surface area contributed by atoms with Crippen LogP contribution in [-0.2, 0) is 17.6 Å². The van der Waals surface area contributed by atoms with Crippen molar-refractivity contribution in [1.82, 2.24) is 10.2 Å². The number of methoxy groups -OCH3 is 1. The summed E-state index contributed by atoms with van der Waals surface area (Å²) in [7, 11) is 1.34. The number of carbonyl (C=O) groups excluding carboxylic acids is 1. The molecule has 1 aliphatic carbocycles. The topological polar surface area (TPSA) is 68.1 Å². The molecule has 0 fully saturated rings. The smallest absolute Gasteiger partial charge is 0.373 e. The number of furan rings is 1. The van der Waals surface area contributed by atoms with Gasteiger partial charge in [0.1, 0.15) is 5.76 Å². The molecule has 0 amide bonds. The number of hydrogen-bond donors (Lipinski definition) is 1. The van der Waals surface area contributed by atoms with Crippen LogP contribution in [0.15, 0.2) is 16.7 Å². The molecule has 0 unspecified atom stereocenters. The normalized spacial score (nSPS) is 13.1. The Bertz CT molecular complexity index is 553. The monoisotopic (exact) mass is 218 g/mol. The molecule has 0 aromatic carbocycles. The third-order valence-electron chi connectivity index (χ3n) is 2.79. The molecule has 2 aromatic rings. The molecule has 5 nitrogen and oxygen atoms in total. The van der Waals surface area contributed by atoms with Crippen molar-refractivity contribution in [1.29, 1.82) is 0 Å². The number of rotatable bonds is 1. The maximum atomic E-state index is 11.3. The van der Waals surface area contributed by atoms with Gasteiger partial charge in [0.05, 0.1) is 12.8 Å². The van der Waals surface area contributed by atoms with Gasteiger partial charge in [0.15, 0.2) is 0 Å². The molecule has 0 radical (unpaired) electrons. The Labute approximate surface area is 91.4 Å². The molecule has 0 saturated carbocycles. The van der Waals surface area contributed by atoms with Gasteiger partial charge in [0, 0.05) is 24.2 Å². The van der Waals surface area contributed by atoms with Gasteiger partial charge >= 0.3 is 5.97 Å². The first kappa shape index (κ1) is 9.21. The predicted molar refractivity (Wildman–Crippen MR) is 55.0 cm³/mol. The Morgan fingerprint density at radius 2 is 2.44 bits per heavy atom. The fraction of sp³-hybridized carbons (Fsp3) is 0.273. The van der Waals surface area contributed by atoms with Gasteiger partial charge in [-0.1, -0.05) is 0 Å². The van der Waals surface area contributed by atoms with Crippen LogP contribution in [0.2, 0.25) is 0 Å². The number of nitrogens with one attached hydrogen (secondary N) is 1. The molecule has 1 aliphatic rings. The molecule has 0 saturated heterocycles. The van der Waals surface area contributed by atoms with Gasteiger partial charge in [0.25, 0.3) is 0 Å². The van der Waals surface area contributed by atoms with E-state index in [1.807, 2.05) is 6.20 Å². The SMILES string of the molecule is COC(=O)c1cc2c(o1)CCc1c[nH]nc1-2. The molecular formula is C11H10N2O3. The summed E-state index contributed by atoms with van der Waals surface area (Å²) in [5.74, 6) is 0.592. The predicted octanol–water partition coefficient (Wildman–Crippen LogP) is 1.55. The van der Waals surface area contributed by atoms with E-state index in [0.29, 0.717) is 0 Å². The van der Waals surface area contributed by atoms with Crippen LogP contribution >= 0.6 is 0 Å². The van der Waals surface area contributed by atoms with Gasteiger partial charge in [-0.15, -0.1) is 0 Å². The first-order valence-electron chi connectivity index (χ1n) is 5.03. The van der Waals surface area contributed by atoms with Crippen LogP contribution in [0, 0.1) is 0 Å². The number of fused-ring (bicyclic) bond motifs is 3. The highest BCUT2D eigenvalue weighted by Crippen LogP contribution is 2.34. The Kier molecular flexibility index (Phi) is 1.86. The molecule has 0 atom stereocenters. The van der Waals surface area contributed by atoms with Crippen LogP contribution in [0.5, 0.6) is 0 Å². The van der Waals surface area contributed by atoms with Crippen molar-refractivity contribution in [3.8, 4) is 11.3 Å². The van der Waals surface area contributed by atoms with Gasteiger partial charge in [-0.05, 0) is 12.0 Å². The minimum atomic E-state index is -0.452. The van der Waals surface area contributed by atoms with E-state index in [1.54, 1.807) is 6.07 Å². The lowest BCUT2D eigenvalue weighted by molar-refractivity contribution is 0.0563. The Morgan fingerprint density at radius 1 is 1.56 bits per heavy atom. The maximum absolute atomic E-state index is 11.3. The van der Waals surface area contributed by atoms with Crippen LogP contribution in [-0.4, -0.2) is 23.3 Å². The standard InChI is InChI=1S/C11H10N2O3/c1-15-11(14)9-4-7-8(16-9)3-2-6-5-12-13-10(6)7/h4-5H,2-3H2,1H3,(H,12,13). The van der Waals surface area contributed by atoms with Crippen molar-refractivity contribution < 1.29 is 13.9 Å². The number of hydrogen-bond acceptors (Lipinski definition) is 4. The van der Waals surface area contributed by atoms with Crippen molar-refractivity contribution in [2.75, 3.05) is 7.11 Å². The van der Waals surface area contributed by atoms with E-state index in [2.05, 4.69) is 14.9 Å². The van der Waals surface area contributed by atoms with E-state index < -0.39 is 5.97 Å². The summed E-state index contributed by atoms with van der Waals surface area (Å²) in [6.45, 7) is 0. The minimum absolute atomic E-state index is 0.239. The van der Waals surface area contributed by atoms with Gasteiger partial charge in [-0.25, -0.2) is 4.79 Å². The summed E-state index contributed by atoms with van der Waals surface area (Å²) in [5, 5.41) is 6.99. The fourth-order valence-electron chi connectivity index (χ4n) is 2.00. The molecule has 16 heavy (non-hydrogen) atoms. The Hall–Kier alpha value is -2.04. The van der Waals surface area contributed by atoms with Crippen LogP contribution in [0.4, 0.5) is 0 Å². The van der Waals surface area contributed by atoms with E-state index in [1.165, 1.54) is 7.11 Å². The van der Waals surface area contributed by atoms with Crippen LogP contribution in [0.3, 0.4) is 0 Å². The molecular weight excluding hydrogens is 208 g/mol. The molecule has 2 aromatic heterocycles. The van der Waals surface area contributed by atoms with E-state index >= 15 is 0 Å². The highest BCUT2D eigenvalue weighted by atomic mass is 16.5. The molecule has 1 N–H and O–H groups in total. The zero-order chi connectivity index (χ0) is 11.1. The zero-order valence-electron chi connectivity index (χ0n) is 8.74. The number of nitrogens with zero attached hydrogens (tertiary/aromatic N) is 1. The Balaban J connectivity index is 2.12. The lowest BCUT2D eigenvalue weighted by Crippen LogP contribution is -1.99. The largest absolute Gasteiger partial charge is 0.463 e. The molecule has 5 heteroatoms. The van der Waals surface area contributed by atoms with Crippen LogP contribution < -0.4 is 0 Å². The molecule has 3 rings (SSSR count). The molecule has 82 valence electrons. The number of aromatic amines is 1. The van der Waals surface area contributed by atoms with Gasteiger partial charge in [-0.2, -0.15) is 5.10 Å². The lowest BCUT2D eigenvalue weighted by Gasteiger charge is -2.07. The number of H-pyrrole nitrogens is 1. The van der Waals surface area contributed by atoms with Gasteiger partial charge in [-0.3, -0.25) is 5.10 Å². The van der Waals surface area contributed by atoms with Crippen LogP contribution in [0.25, 0.3) is 11.3 Å². The Morgan fingerprint density at radius 3 is 3.25 bits per heavy atom. The summed E-state index contributed by atoms with van der Waals surface area (Å²) >= 11 is 0. The summed E-state index contributed by atoms with van der Waals surface area (Å²) in [4.78, 5) is 11.3. The van der Waals surface area contributed by atoms with Crippen LogP contribution in [0.1, 0.15) is 21.9 Å². The quantitative estimate of drug-likeness (QED) is 0.737. The average Bonchev–Trinajstić information content (AvgIpc) is 2.92. The van der Waals surface area contributed by atoms with E-state index in [9.17, 15) is 4.79 Å². The molecule has 0 aliphatic heterocycles. The minimum Gasteiger partial charge on any atom is -0.463 e. The number of carbonyl (C=O) groups is 1. The number of aryl methyl sites for hydroxylation is 2. The maximum Gasteiger partial charge on any atom is 0.373 e. The molecule has 2 heterocycles. The van der Waals surface area contributed by atoms with Crippen molar-refractivity contribution in [2.24, 2.45) is 0 Å². The third kappa shape index (κ3) is 1.18. The zero-order valence-corrected chi connectivity index (χ0v) is 8.74. The summed E-state index contributed by atoms with van der Waals surface area (Å²) in [5.41, 5.74) is 2.92. The summed E-state index contributed by atoms with van der Waals surface area (Å²) in [6, 6.07) is 1.69. The van der Waals surface area contributed by atoms with Crippen molar-refractivity contribution in [3.05, 3.63) is 29.3 Å².